The van der Waals surface area contributed by atoms with Crippen LogP contribution < -0.4 is 0 Å². The molecule has 0 aliphatic rings. The summed E-state index contributed by atoms with van der Waals surface area (Å²) in [6, 6.07) is 0. The van der Waals surface area contributed by atoms with Crippen LogP contribution in [0.4, 0.5) is 0 Å². The number of rotatable bonds is 6. The number of carboxylic acids is 1. The summed E-state index contributed by atoms with van der Waals surface area (Å²) in [5.74, 6) is -1.07. The first kappa shape index (κ1) is 12.9. The van der Waals surface area contributed by atoms with Crippen LogP contribution in [-0.2, 0) is 14.3 Å². The van der Waals surface area contributed by atoms with E-state index in [0.29, 0.717) is 6.54 Å². The van der Waals surface area contributed by atoms with Crippen molar-refractivity contribution in [3.05, 3.63) is 0 Å². The van der Waals surface area contributed by atoms with Gasteiger partial charge in [-0.1, -0.05) is 0 Å². The molecule has 0 aliphatic heterocycles. The average molecular weight is 203 g/mol. The van der Waals surface area contributed by atoms with Crippen LogP contribution in [0.5, 0.6) is 0 Å². The van der Waals surface area contributed by atoms with Gasteiger partial charge in [0.05, 0.1) is 6.42 Å². The number of amides is 1. The van der Waals surface area contributed by atoms with Crippen LogP contribution in [0, 0.1) is 0 Å². The van der Waals surface area contributed by atoms with Gasteiger partial charge in [0.15, 0.2) is 0 Å². The van der Waals surface area contributed by atoms with Crippen molar-refractivity contribution in [1.82, 2.24) is 4.90 Å². The fourth-order valence-electron chi connectivity index (χ4n) is 1.01. The summed E-state index contributed by atoms with van der Waals surface area (Å²) in [4.78, 5) is 23.3. The zero-order chi connectivity index (χ0) is 11.1. The minimum absolute atomic E-state index is 0.0317. The molecular weight excluding hydrogens is 186 g/mol. The van der Waals surface area contributed by atoms with Crippen LogP contribution in [0.15, 0.2) is 0 Å². The lowest BCUT2D eigenvalue weighted by molar-refractivity contribution is -0.142. The number of carbonyl (C=O) groups excluding carboxylic acids is 1. The fraction of sp³-hybridized carbons (Fsp3) is 0.778. The highest BCUT2D eigenvalue weighted by Gasteiger charge is 2.18. The van der Waals surface area contributed by atoms with Crippen LogP contribution in [0.2, 0.25) is 0 Å². The van der Waals surface area contributed by atoms with Crippen molar-refractivity contribution < 1.29 is 19.4 Å². The first-order chi connectivity index (χ1) is 6.52. The van der Waals surface area contributed by atoms with Crippen molar-refractivity contribution in [1.29, 1.82) is 0 Å². The molecule has 0 saturated heterocycles. The second-order valence-electron chi connectivity index (χ2n) is 2.94. The molecule has 0 saturated carbocycles. The quantitative estimate of drug-likeness (QED) is 0.676. The van der Waals surface area contributed by atoms with Gasteiger partial charge in [-0.25, -0.2) is 0 Å². The molecule has 0 fully saturated rings. The van der Waals surface area contributed by atoms with Crippen molar-refractivity contribution >= 4 is 11.9 Å². The lowest BCUT2D eigenvalue weighted by Gasteiger charge is -2.22. The van der Waals surface area contributed by atoms with Gasteiger partial charge >= 0.3 is 5.97 Å². The van der Waals surface area contributed by atoms with Gasteiger partial charge in [-0.15, -0.1) is 0 Å². The monoisotopic (exact) mass is 203 g/mol. The molecule has 0 aliphatic carbocycles. The van der Waals surface area contributed by atoms with Gasteiger partial charge in [0.25, 0.3) is 5.91 Å². The molecule has 0 radical (unpaired) electrons. The zero-order valence-corrected chi connectivity index (χ0v) is 8.82. The van der Waals surface area contributed by atoms with Crippen molar-refractivity contribution in [2.75, 3.05) is 20.2 Å². The number of ether oxygens (including phenoxy) is 1. The molecule has 82 valence electrons. The highest BCUT2D eigenvalue weighted by atomic mass is 16.5. The maximum atomic E-state index is 11.5. The van der Waals surface area contributed by atoms with E-state index in [4.69, 9.17) is 9.84 Å². The van der Waals surface area contributed by atoms with E-state index < -0.39 is 12.1 Å². The SMILES string of the molecule is CCN(CCC(=O)O)C(=O)C(C)OC. The molecule has 1 N–H and O–H groups in total. The summed E-state index contributed by atoms with van der Waals surface area (Å²) in [5.41, 5.74) is 0. The number of carbonyl (C=O) groups is 2. The van der Waals surface area contributed by atoms with E-state index in [0.717, 1.165) is 0 Å². The van der Waals surface area contributed by atoms with Crippen molar-refractivity contribution in [3.63, 3.8) is 0 Å². The Hall–Kier alpha value is -1.10. The third-order valence-corrected chi connectivity index (χ3v) is 1.99. The first-order valence-corrected chi connectivity index (χ1v) is 4.56. The lowest BCUT2D eigenvalue weighted by Crippen LogP contribution is -2.39. The minimum Gasteiger partial charge on any atom is -0.481 e. The van der Waals surface area contributed by atoms with Crippen molar-refractivity contribution in [3.8, 4) is 0 Å². The molecule has 14 heavy (non-hydrogen) atoms. The Labute approximate surface area is 83.6 Å². The van der Waals surface area contributed by atoms with Gasteiger partial charge in [0, 0.05) is 20.2 Å². The smallest absolute Gasteiger partial charge is 0.305 e. The number of likely N-dealkylation sites (N-methyl/N-ethyl adjacent to an activating group) is 1. The third-order valence-electron chi connectivity index (χ3n) is 1.99. The van der Waals surface area contributed by atoms with E-state index in [9.17, 15) is 9.59 Å². The summed E-state index contributed by atoms with van der Waals surface area (Å²) in [5, 5.41) is 8.47. The van der Waals surface area contributed by atoms with E-state index in [2.05, 4.69) is 0 Å². The van der Waals surface area contributed by atoms with Crippen molar-refractivity contribution in [2.24, 2.45) is 0 Å². The second-order valence-corrected chi connectivity index (χ2v) is 2.94. The van der Waals surface area contributed by atoms with E-state index in [1.165, 1.54) is 12.0 Å². The number of aliphatic carboxylic acids is 1. The summed E-state index contributed by atoms with van der Waals surface area (Å²) in [6.07, 6.45) is -0.542. The second kappa shape index (κ2) is 6.37. The van der Waals surface area contributed by atoms with Gasteiger partial charge < -0.3 is 14.7 Å². The molecule has 0 spiro atoms. The first-order valence-electron chi connectivity index (χ1n) is 4.56. The predicted octanol–water partition coefficient (Wildman–Crippen LogP) is 0.344. The van der Waals surface area contributed by atoms with Gasteiger partial charge in [0.1, 0.15) is 6.10 Å². The zero-order valence-electron chi connectivity index (χ0n) is 8.82. The number of hydrogen-bond acceptors (Lipinski definition) is 3. The topological polar surface area (TPSA) is 66.8 Å². The summed E-state index contributed by atoms with van der Waals surface area (Å²) in [7, 11) is 1.45. The Balaban J connectivity index is 4.12. The molecule has 0 aromatic rings. The highest BCUT2D eigenvalue weighted by molar-refractivity contribution is 5.81. The molecule has 5 heteroatoms. The maximum absolute atomic E-state index is 11.5. The van der Waals surface area contributed by atoms with E-state index in [1.807, 2.05) is 6.92 Å². The molecule has 0 bridgehead atoms. The van der Waals surface area contributed by atoms with Crippen LogP contribution in [0.25, 0.3) is 0 Å². The minimum atomic E-state index is -0.902. The normalized spacial score (nSPS) is 12.2. The predicted molar refractivity (Wildman–Crippen MR) is 51.0 cm³/mol. The highest BCUT2D eigenvalue weighted by Crippen LogP contribution is 1.99. The largest absolute Gasteiger partial charge is 0.481 e. The van der Waals surface area contributed by atoms with Crippen molar-refractivity contribution in [2.45, 2.75) is 26.4 Å². The molecule has 0 heterocycles. The van der Waals surface area contributed by atoms with Gasteiger partial charge in [0.2, 0.25) is 0 Å². The molecule has 5 nitrogen and oxygen atoms in total. The van der Waals surface area contributed by atoms with E-state index in [1.54, 1.807) is 6.92 Å². The molecular formula is C9H17NO4. The summed E-state index contributed by atoms with van der Waals surface area (Å²) >= 11 is 0. The Kier molecular flexibility index (Phi) is 5.87. The Bertz CT molecular complexity index is 205. The van der Waals surface area contributed by atoms with E-state index >= 15 is 0 Å². The van der Waals surface area contributed by atoms with Gasteiger partial charge in [-0.2, -0.15) is 0 Å². The molecule has 0 rings (SSSR count). The average Bonchev–Trinajstić information content (AvgIpc) is 2.16. The van der Waals surface area contributed by atoms with Gasteiger partial charge in [-0.3, -0.25) is 9.59 Å². The van der Waals surface area contributed by atoms with Crippen LogP contribution in [0.3, 0.4) is 0 Å². The lowest BCUT2D eigenvalue weighted by atomic mass is 10.3. The van der Waals surface area contributed by atoms with Crippen LogP contribution in [-0.4, -0.2) is 48.2 Å². The molecule has 1 unspecified atom stereocenters. The van der Waals surface area contributed by atoms with Gasteiger partial charge in [-0.05, 0) is 13.8 Å². The Morgan fingerprint density at radius 2 is 2.07 bits per heavy atom. The van der Waals surface area contributed by atoms with E-state index in [-0.39, 0.29) is 18.9 Å². The van der Waals surface area contributed by atoms with Crippen LogP contribution >= 0.6 is 0 Å². The maximum Gasteiger partial charge on any atom is 0.305 e. The standard InChI is InChI=1S/C9H17NO4/c1-4-10(6-5-8(11)12)9(13)7(2)14-3/h7H,4-6H2,1-3H3,(H,11,12). The Morgan fingerprint density at radius 1 is 1.50 bits per heavy atom. The number of methoxy groups -OCH3 is 1. The number of hydrogen-bond donors (Lipinski definition) is 1. The third kappa shape index (κ3) is 4.23. The molecule has 1 amide bonds. The number of nitrogens with zero attached hydrogens (tertiary/aromatic N) is 1. The number of carboxylic acid groups (broad SMARTS) is 1. The Morgan fingerprint density at radius 3 is 2.43 bits per heavy atom. The molecule has 0 aromatic heterocycles. The fourth-order valence-corrected chi connectivity index (χ4v) is 1.01. The molecule has 1 atom stereocenters. The molecule has 0 aromatic carbocycles. The summed E-state index contributed by atoms with van der Waals surface area (Å²) in [6.45, 7) is 4.19. The van der Waals surface area contributed by atoms with Crippen LogP contribution in [0.1, 0.15) is 20.3 Å². The summed E-state index contributed by atoms with van der Waals surface area (Å²) < 4.78 is 4.86.